The third kappa shape index (κ3) is 4.12. The van der Waals surface area contributed by atoms with Crippen LogP contribution < -0.4 is 5.32 Å². The van der Waals surface area contributed by atoms with Gasteiger partial charge in [0.1, 0.15) is 11.7 Å². The normalized spacial score (nSPS) is 49.2. The number of carbonyl (C=O) groups excluding carboxylic acids is 1. The Bertz CT molecular complexity index is 970. The predicted molar refractivity (Wildman–Crippen MR) is 143 cm³/mol. The van der Waals surface area contributed by atoms with Gasteiger partial charge in [-0.05, 0) is 62.0 Å². The van der Waals surface area contributed by atoms with Crippen LogP contribution >= 0.6 is 0 Å². The second-order valence-corrected chi connectivity index (χ2v) is 13.9. The van der Waals surface area contributed by atoms with Crippen molar-refractivity contribution in [1.29, 1.82) is 0 Å². The number of aliphatic hydroxyl groups is 3. The number of carbonyl (C=O) groups is 1. The van der Waals surface area contributed by atoms with E-state index in [0.717, 1.165) is 17.6 Å². The molecule has 215 valence electrons. The Hall–Kier alpha value is 0.452. The first-order valence-corrected chi connectivity index (χ1v) is 14.3. The third-order valence-corrected chi connectivity index (χ3v) is 12.4. The van der Waals surface area contributed by atoms with Crippen LogP contribution in [0.1, 0.15) is 75.7 Å². The molecule has 4 N–H and O–H groups in total. The van der Waals surface area contributed by atoms with E-state index in [-0.39, 0.29) is 85.9 Å². The largest absolute Gasteiger partial charge is 0.455 e. The molecule has 1 saturated heterocycles. The van der Waals surface area contributed by atoms with Crippen molar-refractivity contribution in [2.75, 3.05) is 13.7 Å². The van der Waals surface area contributed by atoms with E-state index in [1.807, 2.05) is 13.8 Å². The Balaban J connectivity index is 0.00000400. The van der Waals surface area contributed by atoms with Gasteiger partial charge in [0.25, 0.3) is 0 Å². The van der Waals surface area contributed by atoms with Crippen LogP contribution in [-0.4, -0.2) is 70.5 Å². The van der Waals surface area contributed by atoms with Crippen LogP contribution in [0.5, 0.6) is 0 Å². The summed E-state index contributed by atoms with van der Waals surface area (Å²) < 4.78 is 12.0. The van der Waals surface area contributed by atoms with Gasteiger partial charge in [0.05, 0.1) is 18.3 Å². The van der Waals surface area contributed by atoms with Gasteiger partial charge >= 0.3 is 5.97 Å². The molecule has 3 aliphatic carbocycles. The maximum atomic E-state index is 13.1. The molecule has 8 heteroatoms. The van der Waals surface area contributed by atoms with Gasteiger partial charge < -0.3 is 30.1 Å². The summed E-state index contributed by atoms with van der Waals surface area (Å²) in [6.45, 7) is 21.4. The van der Waals surface area contributed by atoms with E-state index in [1.54, 1.807) is 14.0 Å². The van der Waals surface area contributed by atoms with Crippen LogP contribution in [0, 0.1) is 90.4 Å². The van der Waals surface area contributed by atoms with Crippen molar-refractivity contribution in [2.24, 2.45) is 46.3 Å². The quantitative estimate of drug-likeness (QED) is 0.259. The number of hydrogen-bond acceptors (Lipinski definition) is 7. The van der Waals surface area contributed by atoms with Crippen molar-refractivity contribution in [3.05, 3.63) is 11.1 Å². The fraction of sp³-hybridized carbons (Fsp3) is 0.900. The number of likely N-dealkylation sites (N-methyl/N-ethyl adjacent to an activating group) is 1. The number of ether oxygens (including phenoxy) is 2. The topological polar surface area (TPSA) is 108 Å². The smallest absolute Gasteiger partial charge is 0.337 e. The SMILES string of the molecule is CNC(C)C(O)C(=O)OC1C(C)=C2[C@@H](C)C(C)[C@@]3(C)C([C@H](C)C(O)([C@H]1C)C2(C)C)[C@]1(O)COC1C[C@@H]3C.[Ac]. The Labute approximate surface area is 265 Å². The number of esters is 1. The summed E-state index contributed by atoms with van der Waals surface area (Å²) in [7, 11) is 1.69. The van der Waals surface area contributed by atoms with E-state index >= 15 is 0 Å². The van der Waals surface area contributed by atoms with Crippen LogP contribution in [0.3, 0.4) is 0 Å². The molecule has 2 bridgehead atoms. The molecule has 7 nitrogen and oxygen atoms in total. The Morgan fingerprint density at radius 2 is 1.66 bits per heavy atom. The fourth-order valence-electron chi connectivity index (χ4n) is 9.80. The fourth-order valence-corrected chi connectivity index (χ4v) is 9.80. The zero-order valence-electron chi connectivity index (χ0n) is 25.3. The van der Waals surface area contributed by atoms with Gasteiger partial charge in [0, 0.05) is 67.4 Å². The molecular formula is C30H51AcNO6. The van der Waals surface area contributed by atoms with Gasteiger partial charge in [-0.15, -0.1) is 0 Å². The Morgan fingerprint density at radius 3 is 2.16 bits per heavy atom. The summed E-state index contributed by atoms with van der Waals surface area (Å²) in [6.07, 6.45) is -1.40. The molecule has 4 aliphatic rings. The maximum absolute atomic E-state index is 13.1. The number of aliphatic hydroxyl groups excluding tert-OH is 1. The number of nitrogens with one attached hydrogen (secondary N) is 1. The maximum Gasteiger partial charge on any atom is 0.337 e. The summed E-state index contributed by atoms with van der Waals surface area (Å²) >= 11 is 0. The molecule has 0 aromatic carbocycles. The van der Waals surface area contributed by atoms with Crippen molar-refractivity contribution in [2.45, 2.75) is 111 Å². The number of hydrogen-bond donors (Lipinski definition) is 4. The van der Waals surface area contributed by atoms with Crippen LogP contribution in [-0.2, 0) is 14.3 Å². The van der Waals surface area contributed by atoms with E-state index in [4.69, 9.17) is 9.47 Å². The van der Waals surface area contributed by atoms with E-state index in [1.165, 1.54) is 0 Å². The summed E-state index contributed by atoms with van der Waals surface area (Å²) in [4.78, 5) is 13.1. The molecule has 4 rings (SSSR count). The molecule has 7 unspecified atom stereocenters. The average Bonchev–Trinajstić information content (AvgIpc) is 2.84. The van der Waals surface area contributed by atoms with Gasteiger partial charge in [-0.2, -0.15) is 0 Å². The molecule has 13 atom stereocenters. The molecular weight excluding hydrogens is 697 g/mol. The minimum absolute atomic E-state index is 0. The minimum atomic E-state index is -1.31. The van der Waals surface area contributed by atoms with Crippen LogP contribution in [0.4, 0.5) is 0 Å². The van der Waals surface area contributed by atoms with Crippen molar-refractivity contribution in [1.82, 2.24) is 5.32 Å². The Kier molecular flexibility index (Phi) is 9.21. The Morgan fingerprint density at radius 1 is 1.08 bits per heavy atom. The first-order valence-electron chi connectivity index (χ1n) is 14.3. The van der Waals surface area contributed by atoms with Gasteiger partial charge in [-0.25, -0.2) is 4.79 Å². The van der Waals surface area contributed by atoms with Crippen molar-refractivity contribution in [3.8, 4) is 0 Å². The summed E-state index contributed by atoms with van der Waals surface area (Å²) in [5.41, 5.74) is -1.03. The average molecular weight is 749 g/mol. The van der Waals surface area contributed by atoms with E-state index in [2.05, 4.69) is 53.8 Å². The van der Waals surface area contributed by atoms with Gasteiger partial charge in [-0.1, -0.05) is 61.0 Å². The predicted octanol–water partition coefficient (Wildman–Crippen LogP) is 3.30. The molecule has 0 spiro atoms. The van der Waals surface area contributed by atoms with Crippen LogP contribution in [0.15, 0.2) is 11.1 Å². The molecule has 1 heterocycles. The molecule has 0 amide bonds. The van der Waals surface area contributed by atoms with Gasteiger partial charge in [-0.3, -0.25) is 0 Å². The molecule has 38 heavy (non-hydrogen) atoms. The van der Waals surface area contributed by atoms with Crippen molar-refractivity contribution in [3.63, 3.8) is 0 Å². The monoisotopic (exact) mass is 748 g/mol. The first-order chi connectivity index (χ1) is 16.9. The molecule has 0 aromatic heterocycles. The second kappa shape index (κ2) is 10.6. The second-order valence-electron chi connectivity index (χ2n) is 13.9. The van der Waals surface area contributed by atoms with E-state index in [9.17, 15) is 20.1 Å². The van der Waals surface area contributed by atoms with E-state index < -0.39 is 46.8 Å². The number of fused-ring (bicyclic) bond motifs is 5. The summed E-state index contributed by atoms with van der Waals surface area (Å²) in [5, 5.41) is 38.6. The molecule has 2 saturated carbocycles. The molecule has 0 aromatic rings. The van der Waals surface area contributed by atoms with Crippen molar-refractivity contribution >= 4 is 5.97 Å². The number of rotatable bonds is 4. The minimum Gasteiger partial charge on any atom is -0.455 e. The summed E-state index contributed by atoms with van der Waals surface area (Å²) in [5.74, 6) is -1.05. The van der Waals surface area contributed by atoms with Gasteiger partial charge in [0.15, 0.2) is 6.10 Å². The first kappa shape index (κ1) is 33.0. The molecule has 1 radical (unpaired) electrons. The standard InChI is InChI=1S/C30H51NO6.Ac/c1-14-12-21-29(34,13-36-21)25-19(6)30(35)18(5)24(37-26(33)23(32)20(7)31-11)16(3)22(27(30,8)9)15(2)17(4)28(14,25)10;/h14-15,17-21,23-25,31-32,34-35H,12-13H2,1-11H3;/t14-,15-,17?,18-,19-,20?,21?,23?,24?,25?,28-,29-,30?;/m0./s1. The van der Waals surface area contributed by atoms with Gasteiger partial charge in [0.2, 0.25) is 0 Å². The third-order valence-electron chi connectivity index (χ3n) is 12.4. The van der Waals surface area contributed by atoms with Crippen LogP contribution in [0.25, 0.3) is 0 Å². The summed E-state index contributed by atoms with van der Waals surface area (Å²) in [6, 6.07) is -0.462. The molecule has 1 aliphatic heterocycles. The van der Waals surface area contributed by atoms with Crippen molar-refractivity contribution < 1.29 is 73.7 Å². The van der Waals surface area contributed by atoms with E-state index in [0.29, 0.717) is 5.92 Å². The zero-order chi connectivity index (χ0) is 28.0. The zero-order valence-corrected chi connectivity index (χ0v) is 30.1. The molecule has 3 fully saturated rings. The van der Waals surface area contributed by atoms with Crippen LogP contribution in [0.2, 0.25) is 0 Å².